The molecule has 0 fully saturated rings. The van der Waals surface area contributed by atoms with E-state index in [2.05, 4.69) is 36.1 Å². The van der Waals surface area contributed by atoms with Gasteiger partial charge in [0, 0.05) is 18.3 Å². The highest BCUT2D eigenvalue weighted by molar-refractivity contribution is 5.68. The van der Waals surface area contributed by atoms with E-state index in [-0.39, 0.29) is 17.9 Å². The summed E-state index contributed by atoms with van der Waals surface area (Å²) in [5.41, 5.74) is 0.0198. The second kappa shape index (κ2) is 6.36. The standard InChI is InChI=1S/C13H21N3O3/c1-13(2,3)8-9(7-11(17)18)15-12-14-6-5-10(16-12)19-4/h5-6,9H,7-8H2,1-4H3,(H,17,18)(H,14,15,16). The van der Waals surface area contributed by atoms with Gasteiger partial charge in [-0.1, -0.05) is 20.8 Å². The van der Waals surface area contributed by atoms with E-state index in [0.29, 0.717) is 18.2 Å². The molecule has 1 aromatic rings. The predicted molar refractivity (Wildman–Crippen MR) is 72.3 cm³/mol. The second-order valence-electron chi connectivity index (χ2n) is 5.63. The Morgan fingerprint density at radius 3 is 2.74 bits per heavy atom. The van der Waals surface area contributed by atoms with Crippen molar-refractivity contribution in [2.45, 2.75) is 39.7 Å². The lowest BCUT2D eigenvalue weighted by Crippen LogP contribution is -2.29. The summed E-state index contributed by atoms with van der Waals surface area (Å²) in [6.45, 7) is 6.20. The molecule has 2 N–H and O–H groups in total. The SMILES string of the molecule is COc1ccnc(NC(CC(=O)O)CC(C)(C)C)n1. The number of nitrogens with one attached hydrogen (secondary N) is 1. The maximum Gasteiger partial charge on any atom is 0.305 e. The molecule has 19 heavy (non-hydrogen) atoms. The Balaban J connectivity index is 2.77. The van der Waals surface area contributed by atoms with Crippen LogP contribution in [0.5, 0.6) is 5.88 Å². The van der Waals surface area contributed by atoms with Crippen LogP contribution in [0, 0.1) is 5.41 Å². The molecule has 6 nitrogen and oxygen atoms in total. The number of hydrogen-bond acceptors (Lipinski definition) is 5. The quantitative estimate of drug-likeness (QED) is 0.821. The number of carboxylic acid groups (broad SMARTS) is 1. The first kappa shape index (κ1) is 15.2. The van der Waals surface area contributed by atoms with Gasteiger partial charge in [0.1, 0.15) is 0 Å². The molecule has 1 rings (SSSR count). The molecule has 106 valence electrons. The summed E-state index contributed by atoms with van der Waals surface area (Å²) >= 11 is 0. The molecule has 0 aromatic carbocycles. The van der Waals surface area contributed by atoms with E-state index in [1.54, 1.807) is 12.3 Å². The maximum atomic E-state index is 10.9. The molecule has 0 saturated carbocycles. The van der Waals surface area contributed by atoms with Gasteiger partial charge in [-0.3, -0.25) is 4.79 Å². The van der Waals surface area contributed by atoms with Crippen LogP contribution in [0.1, 0.15) is 33.6 Å². The molecule has 1 aromatic heterocycles. The summed E-state index contributed by atoms with van der Waals surface area (Å²) in [6, 6.07) is 1.42. The van der Waals surface area contributed by atoms with Crippen molar-refractivity contribution >= 4 is 11.9 Å². The van der Waals surface area contributed by atoms with Crippen LogP contribution in [0.15, 0.2) is 12.3 Å². The van der Waals surface area contributed by atoms with Crippen LogP contribution in [-0.2, 0) is 4.79 Å². The molecule has 1 heterocycles. The van der Waals surface area contributed by atoms with Gasteiger partial charge in [-0.25, -0.2) is 4.98 Å². The first-order valence-corrected chi connectivity index (χ1v) is 6.15. The molecule has 0 bridgehead atoms. The lowest BCUT2D eigenvalue weighted by atomic mass is 9.87. The number of rotatable bonds is 6. The number of nitrogens with zero attached hydrogens (tertiary/aromatic N) is 2. The minimum atomic E-state index is -0.843. The van der Waals surface area contributed by atoms with E-state index >= 15 is 0 Å². The molecule has 0 spiro atoms. The van der Waals surface area contributed by atoms with E-state index in [9.17, 15) is 4.79 Å². The average molecular weight is 267 g/mol. The molecule has 0 saturated heterocycles. The lowest BCUT2D eigenvalue weighted by Gasteiger charge is -2.25. The number of hydrogen-bond donors (Lipinski definition) is 2. The lowest BCUT2D eigenvalue weighted by molar-refractivity contribution is -0.137. The normalized spacial score (nSPS) is 12.8. The number of carboxylic acids is 1. The highest BCUT2D eigenvalue weighted by Crippen LogP contribution is 2.24. The van der Waals surface area contributed by atoms with Gasteiger partial charge < -0.3 is 15.2 Å². The van der Waals surface area contributed by atoms with Crippen LogP contribution in [0.25, 0.3) is 0 Å². The third-order valence-corrected chi connectivity index (χ3v) is 2.45. The fourth-order valence-corrected chi connectivity index (χ4v) is 1.83. The van der Waals surface area contributed by atoms with E-state index in [1.165, 1.54) is 7.11 Å². The smallest absolute Gasteiger partial charge is 0.305 e. The molecule has 0 aliphatic rings. The molecule has 6 heteroatoms. The van der Waals surface area contributed by atoms with Crippen molar-refractivity contribution in [1.82, 2.24) is 9.97 Å². The van der Waals surface area contributed by atoms with Crippen molar-refractivity contribution in [3.8, 4) is 5.88 Å². The first-order chi connectivity index (χ1) is 8.80. The van der Waals surface area contributed by atoms with Crippen molar-refractivity contribution in [2.75, 3.05) is 12.4 Å². The Morgan fingerprint density at radius 2 is 2.21 bits per heavy atom. The van der Waals surface area contributed by atoms with Crippen LogP contribution in [0.4, 0.5) is 5.95 Å². The number of ether oxygens (including phenoxy) is 1. The second-order valence-corrected chi connectivity index (χ2v) is 5.63. The number of aliphatic carboxylic acids is 1. The van der Waals surface area contributed by atoms with Crippen LogP contribution >= 0.6 is 0 Å². The minimum absolute atomic E-state index is 0.0198. The Labute approximate surface area is 113 Å². The minimum Gasteiger partial charge on any atom is -0.481 e. The van der Waals surface area contributed by atoms with E-state index in [0.717, 1.165) is 0 Å². The van der Waals surface area contributed by atoms with Crippen molar-refractivity contribution in [3.05, 3.63) is 12.3 Å². The van der Waals surface area contributed by atoms with E-state index in [4.69, 9.17) is 9.84 Å². The molecule has 0 amide bonds. The highest BCUT2D eigenvalue weighted by Gasteiger charge is 2.21. The van der Waals surface area contributed by atoms with Crippen LogP contribution in [-0.4, -0.2) is 34.2 Å². The fourth-order valence-electron chi connectivity index (χ4n) is 1.83. The molecular weight excluding hydrogens is 246 g/mol. The summed E-state index contributed by atoms with van der Waals surface area (Å²) < 4.78 is 5.01. The number of carbonyl (C=O) groups is 1. The van der Waals surface area contributed by atoms with Gasteiger partial charge in [-0.05, 0) is 11.8 Å². The van der Waals surface area contributed by atoms with Crippen molar-refractivity contribution < 1.29 is 14.6 Å². The number of anilines is 1. The summed E-state index contributed by atoms with van der Waals surface area (Å²) in [7, 11) is 1.52. The maximum absolute atomic E-state index is 10.9. The Hall–Kier alpha value is -1.85. The van der Waals surface area contributed by atoms with Gasteiger partial charge in [0.2, 0.25) is 11.8 Å². The zero-order valence-electron chi connectivity index (χ0n) is 11.8. The monoisotopic (exact) mass is 267 g/mol. The van der Waals surface area contributed by atoms with Crippen LogP contribution < -0.4 is 10.1 Å². The van der Waals surface area contributed by atoms with Gasteiger partial charge in [-0.2, -0.15) is 4.98 Å². The highest BCUT2D eigenvalue weighted by atomic mass is 16.5. The van der Waals surface area contributed by atoms with Crippen molar-refractivity contribution in [1.29, 1.82) is 0 Å². The Morgan fingerprint density at radius 1 is 1.53 bits per heavy atom. The predicted octanol–water partition coefficient (Wildman–Crippen LogP) is 2.18. The van der Waals surface area contributed by atoms with Gasteiger partial charge in [0.25, 0.3) is 0 Å². The summed E-state index contributed by atoms with van der Waals surface area (Å²) in [4.78, 5) is 19.1. The van der Waals surface area contributed by atoms with E-state index in [1.807, 2.05) is 0 Å². The topological polar surface area (TPSA) is 84.3 Å². The van der Waals surface area contributed by atoms with Crippen LogP contribution in [0.3, 0.4) is 0 Å². The summed E-state index contributed by atoms with van der Waals surface area (Å²) in [6.07, 6.45) is 2.31. The molecular formula is C13H21N3O3. The van der Waals surface area contributed by atoms with Crippen molar-refractivity contribution in [2.24, 2.45) is 5.41 Å². The third kappa shape index (κ3) is 6.03. The Kier molecular flexibility index (Phi) is 5.09. The van der Waals surface area contributed by atoms with Gasteiger partial charge >= 0.3 is 5.97 Å². The molecule has 0 aliphatic carbocycles. The van der Waals surface area contributed by atoms with Gasteiger partial charge in [-0.15, -0.1) is 0 Å². The Bertz CT molecular complexity index is 429. The molecule has 0 aliphatic heterocycles. The zero-order chi connectivity index (χ0) is 14.5. The van der Waals surface area contributed by atoms with Gasteiger partial charge in [0.05, 0.1) is 13.5 Å². The largest absolute Gasteiger partial charge is 0.481 e. The van der Waals surface area contributed by atoms with E-state index < -0.39 is 5.97 Å². The zero-order valence-corrected chi connectivity index (χ0v) is 11.8. The summed E-state index contributed by atoms with van der Waals surface area (Å²) in [5, 5.41) is 12.0. The third-order valence-electron chi connectivity index (χ3n) is 2.45. The molecule has 1 atom stereocenters. The van der Waals surface area contributed by atoms with Crippen molar-refractivity contribution in [3.63, 3.8) is 0 Å². The average Bonchev–Trinajstić information content (AvgIpc) is 2.26. The summed E-state index contributed by atoms with van der Waals surface area (Å²) in [5.74, 6) is -0.0122. The first-order valence-electron chi connectivity index (χ1n) is 6.15. The fraction of sp³-hybridized carbons (Fsp3) is 0.615. The molecule has 1 unspecified atom stereocenters. The number of aromatic nitrogens is 2. The number of methoxy groups -OCH3 is 1. The van der Waals surface area contributed by atoms with Crippen LogP contribution in [0.2, 0.25) is 0 Å². The molecule has 0 radical (unpaired) electrons. The van der Waals surface area contributed by atoms with Gasteiger partial charge in [0.15, 0.2) is 0 Å².